The standard InChI is InChI=1S/C27H27ClO3/c1-27(2)26(20-8-5-4-6-9-20)25(23-15-14-22(29-3)18-24(23)31-27)19-10-12-21(13-11-19)30-17-7-16-28/h4-6,8-15,18H,7,16-17H2,1-3H3. The van der Waals surface area contributed by atoms with Crippen LogP contribution in [-0.2, 0) is 0 Å². The third kappa shape index (κ3) is 4.42. The lowest BCUT2D eigenvalue weighted by atomic mass is 9.79. The van der Waals surface area contributed by atoms with Gasteiger partial charge in [0.15, 0.2) is 0 Å². The third-order valence-corrected chi connectivity index (χ3v) is 5.69. The summed E-state index contributed by atoms with van der Waals surface area (Å²) in [6.45, 7) is 4.84. The van der Waals surface area contributed by atoms with Gasteiger partial charge in [-0.25, -0.2) is 0 Å². The first-order valence-electron chi connectivity index (χ1n) is 10.5. The number of benzene rings is 3. The topological polar surface area (TPSA) is 27.7 Å². The molecule has 0 saturated carbocycles. The van der Waals surface area contributed by atoms with Gasteiger partial charge in [0.1, 0.15) is 22.8 Å². The predicted molar refractivity (Wildman–Crippen MR) is 127 cm³/mol. The van der Waals surface area contributed by atoms with Crippen LogP contribution in [0.2, 0.25) is 0 Å². The molecule has 0 fully saturated rings. The molecule has 0 bridgehead atoms. The van der Waals surface area contributed by atoms with Gasteiger partial charge >= 0.3 is 0 Å². The number of halogens is 1. The fourth-order valence-corrected chi connectivity index (χ4v) is 4.15. The number of rotatable bonds is 7. The van der Waals surface area contributed by atoms with Crippen molar-refractivity contribution in [1.29, 1.82) is 0 Å². The maximum absolute atomic E-state index is 6.49. The lowest BCUT2D eigenvalue weighted by Crippen LogP contribution is -2.34. The van der Waals surface area contributed by atoms with Crippen molar-refractivity contribution < 1.29 is 14.2 Å². The molecule has 0 N–H and O–H groups in total. The zero-order valence-corrected chi connectivity index (χ0v) is 18.9. The molecule has 0 radical (unpaired) electrons. The third-order valence-electron chi connectivity index (χ3n) is 5.43. The highest BCUT2D eigenvalue weighted by Crippen LogP contribution is 2.48. The number of alkyl halides is 1. The molecule has 0 aromatic heterocycles. The van der Waals surface area contributed by atoms with E-state index in [4.69, 9.17) is 25.8 Å². The molecule has 4 rings (SSSR count). The monoisotopic (exact) mass is 434 g/mol. The molecule has 0 aliphatic carbocycles. The first-order valence-corrected chi connectivity index (χ1v) is 11.0. The van der Waals surface area contributed by atoms with Gasteiger partial charge in [-0.3, -0.25) is 0 Å². The molecule has 1 aliphatic heterocycles. The summed E-state index contributed by atoms with van der Waals surface area (Å²) in [5, 5.41) is 0. The molecular formula is C27H27ClO3. The second kappa shape index (κ2) is 9.07. The van der Waals surface area contributed by atoms with Crippen LogP contribution in [0.1, 0.15) is 37.0 Å². The minimum atomic E-state index is -0.522. The van der Waals surface area contributed by atoms with Gasteiger partial charge in [-0.15, -0.1) is 11.6 Å². The highest BCUT2D eigenvalue weighted by atomic mass is 35.5. The fraction of sp³-hybridized carbons (Fsp3) is 0.259. The van der Waals surface area contributed by atoms with Crippen molar-refractivity contribution in [1.82, 2.24) is 0 Å². The van der Waals surface area contributed by atoms with Gasteiger partial charge in [-0.1, -0.05) is 42.5 Å². The number of methoxy groups -OCH3 is 1. The number of ether oxygens (including phenoxy) is 3. The Bertz CT molecular complexity index is 1070. The number of fused-ring (bicyclic) bond motifs is 1. The maximum Gasteiger partial charge on any atom is 0.132 e. The van der Waals surface area contributed by atoms with Crippen molar-refractivity contribution in [3.63, 3.8) is 0 Å². The van der Waals surface area contributed by atoms with E-state index < -0.39 is 5.60 Å². The summed E-state index contributed by atoms with van der Waals surface area (Å²) in [5.41, 5.74) is 5.10. The van der Waals surface area contributed by atoms with Gasteiger partial charge < -0.3 is 14.2 Å². The van der Waals surface area contributed by atoms with E-state index in [9.17, 15) is 0 Å². The van der Waals surface area contributed by atoms with Gasteiger partial charge in [0, 0.05) is 28.7 Å². The fourth-order valence-electron chi connectivity index (χ4n) is 4.04. The van der Waals surface area contributed by atoms with Crippen molar-refractivity contribution in [2.45, 2.75) is 25.9 Å². The Morgan fingerprint density at radius 2 is 1.58 bits per heavy atom. The maximum atomic E-state index is 6.49. The van der Waals surface area contributed by atoms with E-state index in [2.05, 4.69) is 56.3 Å². The SMILES string of the molecule is COc1ccc2c(c1)OC(C)(C)C(c1ccccc1)=C2c1ccc(OCCCCl)cc1. The van der Waals surface area contributed by atoms with Crippen LogP contribution < -0.4 is 14.2 Å². The molecule has 1 aliphatic rings. The van der Waals surface area contributed by atoms with Crippen molar-refractivity contribution in [3.05, 3.63) is 89.5 Å². The Morgan fingerprint density at radius 3 is 2.26 bits per heavy atom. The van der Waals surface area contributed by atoms with Crippen LogP contribution in [0.4, 0.5) is 0 Å². The minimum Gasteiger partial charge on any atom is -0.497 e. The number of hydrogen-bond donors (Lipinski definition) is 0. The van der Waals surface area contributed by atoms with Crippen molar-refractivity contribution in [2.75, 3.05) is 19.6 Å². The Hall–Kier alpha value is -2.91. The Balaban J connectivity index is 1.88. The van der Waals surface area contributed by atoms with Crippen LogP contribution in [0.15, 0.2) is 72.8 Å². The molecular weight excluding hydrogens is 408 g/mol. The van der Waals surface area contributed by atoms with E-state index >= 15 is 0 Å². The molecule has 31 heavy (non-hydrogen) atoms. The molecule has 0 spiro atoms. The molecule has 0 unspecified atom stereocenters. The van der Waals surface area contributed by atoms with Crippen LogP contribution >= 0.6 is 11.6 Å². The van der Waals surface area contributed by atoms with E-state index in [1.54, 1.807) is 7.11 Å². The van der Waals surface area contributed by atoms with Gasteiger partial charge in [0.2, 0.25) is 0 Å². The highest BCUT2D eigenvalue weighted by Gasteiger charge is 2.36. The smallest absolute Gasteiger partial charge is 0.132 e. The summed E-state index contributed by atoms with van der Waals surface area (Å²) >= 11 is 5.76. The number of hydrogen-bond acceptors (Lipinski definition) is 3. The van der Waals surface area contributed by atoms with Crippen molar-refractivity contribution in [2.24, 2.45) is 0 Å². The van der Waals surface area contributed by atoms with Gasteiger partial charge in [-0.05, 0) is 55.7 Å². The van der Waals surface area contributed by atoms with Crippen LogP contribution in [0.5, 0.6) is 17.2 Å². The molecule has 3 aromatic carbocycles. The van der Waals surface area contributed by atoms with E-state index in [0.29, 0.717) is 12.5 Å². The van der Waals surface area contributed by atoms with Gasteiger partial charge in [0.05, 0.1) is 13.7 Å². The first kappa shape index (κ1) is 21.3. The minimum absolute atomic E-state index is 0.522. The summed E-state index contributed by atoms with van der Waals surface area (Å²) in [6, 6.07) is 24.7. The second-order valence-corrected chi connectivity index (χ2v) is 8.38. The lowest BCUT2D eigenvalue weighted by molar-refractivity contribution is 0.168. The Kier molecular flexibility index (Phi) is 6.24. The first-order chi connectivity index (χ1) is 15.0. The van der Waals surface area contributed by atoms with E-state index in [1.165, 1.54) is 0 Å². The lowest BCUT2D eigenvalue weighted by Gasteiger charge is -2.38. The van der Waals surface area contributed by atoms with Crippen molar-refractivity contribution >= 4 is 22.7 Å². The normalized spacial score (nSPS) is 14.6. The summed E-state index contributed by atoms with van der Waals surface area (Å²) in [5.74, 6) is 3.04. The van der Waals surface area contributed by atoms with Crippen LogP contribution in [0, 0.1) is 0 Å². The Labute approximate surface area is 189 Å². The molecule has 3 nitrogen and oxygen atoms in total. The summed E-state index contributed by atoms with van der Waals surface area (Å²) < 4.78 is 17.7. The van der Waals surface area contributed by atoms with Crippen molar-refractivity contribution in [3.8, 4) is 17.2 Å². The molecule has 4 heteroatoms. The molecule has 0 saturated heterocycles. The second-order valence-electron chi connectivity index (χ2n) is 8.01. The molecule has 0 atom stereocenters. The zero-order chi connectivity index (χ0) is 21.8. The largest absolute Gasteiger partial charge is 0.497 e. The summed E-state index contributed by atoms with van der Waals surface area (Å²) in [6.07, 6.45) is 0.827. The van der Waals surface area contributed by atoms with E-state index in [0.717, 1.165) is 51.5 Å². The highest BCUT2D eigenvalue weighted by molar-refractivity contribution is 6.17. The molecule has 1 heterocycles. The van der Waals surface area contributed by atoms with E-state index in [1.807, 2.05) is 30.3 Å². The van der Waals surface area contributed by atoms with Gasteiger partial charge in [0.25, 0.3) is 0 Å². The zero-order valence-electron chi connectivity index (χ0n) is 18.2. The summed E-state index contributed by atoms with van der Waals surface area (Å²) in [4.78, 5) is 0. The average Bonchev–Trinajstić information content (AvgIpc) is 2.78. The van der Waals surface area contributed by atoms with E-state index in [-0.39, 0.29) is 0 Å². The molecule has 0 amide bonds. The van der Waals surface area contributed by atoms with Crippen LogP contribution in [0.3, 0.4) is 0 Å². The van der Waals surface area contributed by atoms with Gasteiger partial charge in [-0.2, -0.15) is 0 Å². The molecule has 3 aromatic rings. The molecule has 160 valence electrons. The van der Waals surface area contributed by atoms with Crippen LogP contribution in [-0.4, -0.2) is 25.2 Å². The Morgan fingerprint density at radius 1 is 0.871 bits per heavy atom. The predicted octanol–water partition coefficient (Wildman–Crippen LogP) is 6.83. The van der Waals surface area contributed by atoms with Crippen LogP contribution in [0.25, 0.3) is 11.1 Å². The summed E-state index contributed by atoms with van der Waals surface area (Å²) in [7, 11) is 1.67. The quantitative estimate of drug-likeness (QED) is 0.301. The average molecular weight is 435 g/mol.